The molecule has 0 heterocycles. The zero-order valence-corrected chi connectivity index (χ0v) is 11.3. The summed E-state index contributed by atoms with van der Waals surface area (Å²) in [5, 5.41) is 0. The fraction of sp³-hybridized carbons (Fsp3) is 0.250. The Balaban J connectivity index is 1.90. The van der Waals surface area contributed by atoms with Gasteiger partial charge in [-0.15, -0.1) is 0 Å². The van der Waals surface area contributed by atoms with Crippen LogP contribution in [0.5, 0.6) is 11.5 Å². The zero-order chi connectivity index (χ0) is 13.7. The molecule has 2 aromatic carbocycles. The maximum absolute atomic E-state index is 5.70. The molecule has 2 rings (SSSR count). The third-order valence-corrected chi connectivity index (χ3v) is 2.98. The van der Waals surface area contributed by atoms with Gasteiger partial charge in [0.15, 0.2) is 0 Å². The Kier molecular flexibility index (Phi) is 4.29. The van der Waals surface area contributed by atoms with Crippen LogP contribution >= 0.6 is 0 Å². The highest BCUT2D eigenvalue weighted by atomic mass is 16.5. The lowest BCUT2D eigenvalue weighted by Crippen LogP contribution is -2.02. The van der Waals surface area contributed by atoms with Crippen LogP contribution in [0, 0.1) is 6.92 Å². The summed E-state index contributed by atoms with van der Waals surface area (Å²) in [6.07, 6.45) is 0.861. The standard InChI is InChI=1S/C16H19NO2/c1-12-10-13(6-7-16(12)18-2)8-9-19-15-5-3-4-14(17)11-15/h3-7,10-11H,8-9,17H2,1-2H3. The van der Waals surface area contributed by atoms with Crippen molar-refractivity contribution in [1.82, 2.24) is 0 Å². The third kappa shape index (κ3) is 3.65. The van der Waals surface area contributed by atoms with Gasteiger partial charge in [-0.25, -0.2) is 0 Å². The Morgan fingerprint density at radius 2 is 1.95 bits per heavy atom. The molecule has 0 atom stereocenters. The van der Waals surface area contributed by atoms with Crippen molar-refractivity contribution in [2.45, 2.75) is 13.3 Å². The molecule has 100 valence electrons. The number of rotatable bonds is 5. The summed E-state index contributed by atoms with van der Waals surface area (Å²) in [6.45, 7) is 2.68. The van der Waals surface area contributed by atoms with Crippen molar-refractivity contribution in [3.63, 3.8) is 0 Å². The predicted molar refractivity (Wildman–Crippen MR) is 77.8 cm³/mol. The first-order chi connectivity index (χ1) is 9.19. The van der Waals surface area contributed by atoms with E-state index in [1.807, 2.05) is 37.3 Å². The van der Waals surface area contributed by atoms with Crippen LogP contribution in [0.4, 0.5) is 5.69 Å². The number of aryl methyl sites for hydroxylation is 1. The third-order valence-electron chi connectivity index (χ3n) is 2.98. The second-order valence-corrected chi connectivity index (χ2v) is 4.47. The lowest BCUT2D eigenvalue weighted by Gasteiger charge is -2.09. The molecule has 0 aliphatic carbocycles. The average Bonchev–Trinajstić information content (AvgIpc) is 2.39. The largest absolute Gasteiger partial charge is 0.496 e. The molecule has 2 N–H and O–H groups in total. The molecule has 0 amide bonds. The number of nitrogen functional groups attached to an aromatic ring is 1. The summed E-state index contributed by atoms with van der Waals surface area (Å²) >= 11 is 0. The van der Waals surface area contributed by atoms with Crippen LogP contribution in [0.25, 0.3) is 0 Å². The Bertz CT molecular complexity index is 552. The molecule has 0 aromatic heterocycles. The van der Waals surface area contributed by atoms with Gasteiger partial charge in [0.25, 0.3) is 0 Å². The van der Waals surface area contributed by atoms with Crippen molar-refractivity contribution in [3.05, 3.63) is 53.6 Å². The van der Waals surface area contributed by atoms with Crippen molar-refractivity contribution in [1.29, 1.82) is 0 Å². The van der Waals surface area contributed by atoms with E-state index in [1.165, 1.54) is 5.56 Å². The smallest absolute Gasteiger partial charge is 0.121 e. The quantitative estimate of drug-likeness (QED) is 0.836. The molecule has 2 aromatic rings. The predicted octanol–water partition coefficient (Wildman–Crippen LogP) is 3.21. The molecule has 0 spiro atoms. The van der Waals surface area contributed by atoms with Gasteiger partial charge >= 0.3 is 0 Å². The fourth-order valence-corrected chi connectivity index (χ4v) is 1.99. The maximum atomic E-state index is 5.70. The van der Waals surface area contributed by atoms with Crippen LogP contribution in [-0.2, 0) is 6.42 Å². The number of methoxy groups -OCH3 is 1. The van der Waals surface area contributed by atoms with Gasteiger partial charge in [-0.05, 0) is 36.2 Å². The lowest BCUT2D eigenvalue weighted by atomic mass is 10.1. The number of ether oxygens (including phenoxy) is 2. The number of hydrogen-bond acceptors (Lipinski definition) is 3. The van der Waals surface area contributed by atoms with Crippen molar-refractivity contribution < 1.29 is 9.47 Å². The Morgan fingerprint density at radius 1 is 1.11 bits per heavy atom. The average molecular weight is 257 g/mol. The van der Waals surface area contributed by atoms with Gasteiger partial charge < -0.3 is 15.2 Å². The summed E-state index contributed by atoms with van der Waals surface area (Å²) in [7, 11) is 1.69. The first-order valence-electron chi connectivity index (χ1n) is 6.31. The van der Waals surface area contributed by atoms with E-state index in [9.17, 15) is 0 Å². The summed E-state index contributed by atoms with van der Waals surface area (Å²) < 4.78 is 10.9. The molecule has 0 bridgehead atoms. The normalized spacial score (nSPS) is 10.2. The minimum atomic E-state index is 0.634. The van der Waals surface area contributed by atoms with Crippen LogP contribution < -0.4 is 15.2 Å². The number of benzene rings is 2. The lowest BCUT2D eigenvalue weighted by molar-refractivity contribution is 0.322. The molecule has 0 fully saturated rings. The summed E-state index contributed by atoms with van der Waals surface area (Å²) in [6, 6.07) is 13.7. The van der Waals surface area contributed by atoms with Crippen LogP contribution in [0.3, 0.4) is 0 Å². The van der Waals surface area contributed by atoms with E-state index in [2.05, 4.69) is 12.1 Å². The van der Waals surface area contributed by atoms with Gasteiger partial charge in [0.2, 0.25) is 0 Å². The maximum Gasteiger partial charge on any atom is 0.121 e. The van der Waals surface area contributed by atoms with E-state index in [1.54, 1.807) is 7.11 Å². The minimum absolute atomic E-state index is 0.634. The fourth-order valence-electron chi connectivity index (χ4n) is 1.99. The zero-order valence-electron chi connectivity index (χ0n) is 11.3. The van der Waals surface area contributed by atoms with Gasteiger partial charge in [-0.1, -0.05) is 18.2 Å². The molecular weight excluding hydrogens is 238 g/mol. The molecule has 0 unspecified atom stereocenters. The van der Waals surface area contributed by atoms with Crippen molar-refractivity contribution >= 4 is 5.69 Å². The Morgan fingerprint density at radius 3 is 2.63 bits per heavy atom. The summed E-state index contributed by atoms with van der Waals surface area (Å²) in [5.74, 6) is 1.73. The molecule has 3 heteroatoms. The molecule has 3 nitrogen and oxygen atoms in total. The van der Waals surface area contributed by atoms with E-state index < -0.39 is 0 Å². The summed E-state index contributed by atoms with van der Waals surface area (Å²) in [4.78, 5) is 0. The number of nitrogens with two attached hydrogens (primary N) is 1. The van der Waals surface area contributed by atoms with Gasteiger partial charge in [0.1, 0.15) is 11.5 Å². The SMILES string of the molecule is COc1ccc(CCOc2cccc(N)c2)cc1C. The van der Waals surface area contributed by atoms with E-state index in [0.717, 1.165) is 29.2 Å². The highest BCUT2D eigenvalue weighted by molar-refractivity contribution is 5.43. The van der Waals surface area contributed by atoms with E-state index in [4.69, 9.17) is 15.2 Å². The summed E-state index contributed by atoms with van der Waals surface area (Å²) in [5.41, 5.74) is 8.80. The minimum Gasteiger partial charge on any atom is -0.496 e. The van der Waals surface area contributed by atoms with Crippen LogP contribution in [0.15, 0.2) is 42.5 Å². The van der Waals surface area contributed by atoms with Gasteiger partial charge in [-0.2, -0.15) is 0 Å². The van der Waals surface area contributed by atoms with Crippen molar-refractivity contribution in [2.24, 2.45) is 0 Å². The van der Waals surface area contributed by atoms with Gasteiger partial charge in [0, 0.05) is 18.2 Å². The van der Waals surface area contributed by atoms with Crippen LogP contribution in [-0.4, -0.2) is 13.7 Å². The van der Waals surface area contributed by atoms with Crippen LogP contribution in [0.2, 0.25) is 0 Å². The van der Waals surface area contributed by atoms with Crippen molar-refractivity contribution in [3.8, 4) is 11.5 Å². The first kappa shape index (κ1) is 13.3. The highest BCUT2D eigenvalue weighted by Crippen LogP contribution is 2.19. The highest BCUT2D eigenvalue weighted by Gasteiger charge is 2.01. The van der Waals surface area contributed by atoms with Crippen LogP contribution in [0.1, 0.15) is 11.1 Å². The topological polar surface area (TPSA) is 44.5 Å². The Labute approximate surface area is 114 Å². The van der Waals surface area contributed by atoms with E-state index >= 15 is 0 Å². The molecule has 0 radical (unpaired) electrons. The number of hydrogen-bond donors (Lipinski definition) is 1. The molecule has 0 saturated heterocycles. The van der Waals surface area contributed by atoms with E-state index in [-0.39, 0.29) is 0 Å². The Hall–Kier alpha value is -2.16. The molecular formula is C16H19NO2. The first-order valence-corrected chi connectivity index (χ1v) is 6.31. The molecule has 0 aliphatic rings. The van der Waals surface area contributed by atoms with E-state index in [0.29, 0.717) is 6.61 Å². The second-order valence-electron chi connectivity index (χ2n) is 4.47. The monoisotopic (exact) mass is 257 g/mol. The second kappa shape index (κ2) is 6.14. The molecule has 0 aliphatic heterocycles. The van der Waals surface area contributed by atoms with Crippen molar-refractivity contribution in [2.75, 3.05) is 19.5 Å². The van der Waals surface area contributed by atoms with Gasteiger partial charge in [0.05, 0.1) is 13.7 Å². The van der Waals surface area contributed by atoms with Gasteiger partial charge in [-0.3, -0.25) is 0 Å². The molecule has 0 saturated carbocycles. The number of anilines is 1. The molecule has 19 heavy (non-hydrogen) atoms.